The van der Waals surface area contributed by atoms with Gasteiger partial charge in [0.1, 0.15) is 41.4 Å². The number of rotatable bonds is 21. The molecular weight excluding hydrogens is 853 g/mol. The first kappa shape index (κ1) is 46.1. The second-order valence-electron chi connectivity index (χ2n) is 17.2. The average molecular weight is 909 g/mol. The lowest BCUT2D eigenvalue weighted by molar-refractivity contribution is -0.136. The third-order valence-electron chi connectivity index (χ3n) is 12.7. The molecule has 17 heteroatoms. The number of hydrogen-bond acceptors (Lipinski definition) is 12. The zero-order chi connectivity index (χ0) is 46.9. The number of amides is 6. The van der Waals surface area contributed by atoms with E-state index >= 15 is 0 Å². The van der Waals surface area contributed by atoms with E-state index in [0.29, 0.717) is 47.7 Å². The van der Waals surface area contributed by atoms with Crippen LogP contribution in [0.2, 0.25) is 0 Å². The second-order valence-corrected chi connectivity index (χ2v) is 17.2. The Morgan fingerprint density at radius 1 is 0.821 bits per heavy atom. The highest BCUT2D eigenvalue weighted by atomic mass is 16.5. The molecule has 0 spiro atoms. The lowest BCUT2D eigenvalue weighted by Crippen LogP contribution is -2.54. The molecule has 17 nitrogen and oxygen atoms in total. The van der Waals surface area contributed by atoms with E-state index in [0.717, 1.165) is 80.4 Å². The number of nitrogens with one attached hydrogen (secondary N) is 3. The minimum absolute atomic E-state index is 0.0784. The maximum Gasteiger partial charge on any atom is 0.264 e. The standard InChI is InChI=1S/C50H56N10O7/c1-2-41(62)58-30-33(60-46-43(45(51)54-31-55-46)44(57-60)32-21-23-35(24-22-32)67-34-17-12-11-13-18-34)29-39(58)47(63)53-28-15-10-8-6-4-3-5-7-9-14-27-52-37-20-16-19-36-42(37)50(66)59(49(36)65)38-25-26-40(61)56-48(38)64/h2,11-13,16-24,31,33,38-39,52H,1,3-10,14-15,25-30H2,(H,53,63)(H2,51,54,55)(H,56,61,64). The van der Waals surface area contributed by atoms with Gasteiger partial charge in [0.15, 0.2) is 5.65 Å². The number of piperidine rings is 1. The van der Waals surface area contributed by atoms with Crippen molar-refractivity contribution < 1.29 is 33.5 Å². The van der Waals surface area contributed by atoms with Crippen LogP contribution in [0.4, 0.5) is 11.5 Å². The van der Waals surface area contributed by atoms with Gasteiger partial charge >= 0.3 is 0 Å². The Morgan fingerprint density at radius 3 is 2.21 bits per heavy atom. The summed E-state index contributed by atoms with van der Waals surface area (Å²) < 4.78 is 7.74. The topological polar surface area (TPSA) is 224 Å². The van der Waals surface area contributed by atoms with Crippen LogP contribution in [-0.2, 0) is 19.2 Å². The Hall–Kier alpha value is -7.43. The van der Waals surface area contributed by atoms with E-state index in [1.165, 1.54) is 12.4 Å². The molecule has 0 saturated carbocycles. The highest BCUT2D eigenvalue weighted by Gasteiger charge is 2.46. The van der Waals surface area contributed by atoms with Crippen molar-refractivity contribution in [1.29, 1.82) is 0 Å². The van der Waals surface area contributed by atoms with Gasteiger partial charge in [0.2, 0.25) is 23.6 Å². The van der Waals surface area contributed by atoms with Crippen LogP contribution in [0, 0.1) is 0 Å². The number of unbranched alkanes of at least 4 members (excludes halogenated alkanes) is 9. The summed E-state index contributed by atoms with van der Waals surface area (Å²) in [6.45, 7) is 5.09. The van der Waals surface area contributed by atoms with Crippen LogP contribution in [-0.4, -0.2) is 96.7 Å². The van der Waals surface area contributed by atoms with Crippen LogP contribution in [0.3, 0.4) is 0 Å². The molecule has 5 heterocycles. The summed E-state index contributed by atoms with van der Waals surface area (Å²) >= 11 is 0. The smallest absolute Gasteiger partial charge is 0.264 e. The predicted octanol–water partition coefficient (Wildman–Crippen LogP) is 6.73. The first-order valence-corrected chi connectivity index (χ1v) is 23.2. The quantitative estimate of drug-likeness (QED) is 0.0342. The molecule has 3 aliphatic rings. The number of ether oxygens (including phenoxy) is 1. The van der Waals surface area contributed by atoms with Crippen molar-refractivity contribution in [1.82, 2.24) is 40.2 Å². The minimum atomic E-state index is -0.991. The zero-order valence-corrected chi connectivity index (χ0v) is 37.5. The lowest BCUT2D eigenvalue weighted by atomic mass is 10.0. The summed E-state index contributed by atoms with van der Waals surface area (Å²) in [6.07, 6.45) is 13.6. The number of para-hydroxylation sites is 1. The normalized spacial score (nSPS) is 18.0. The number of aromatic nitrogens is 4. The van der Waals surface area contributed by atoms with Crippen LogP contribution in [0.1, 0.15) is 110 Å². The van der Waals surface area contributed by atoms with Crippen LogP contribution in [0.5, 0.6) is 11.5 Å². The maximum absolute atomic E-state index is 13.6. The van der Waals surface area contributed by atoms with E-state index in [4.69, 9.17) is 15.6 Å². The summed E-state index contributed by atoms with van der Waals surface area (Å²) in [7, 11) is 0. The Morgan fingerprint density at radius 2 is 1.51 bits per heavy atom. The van der Waals surface area contributed by atoms with Crippen LogP contribution < -0.4 is 26.4 Å². The first-order chi connectivity index (χ1) is 32.6. The third-order valence-corrected chi connectivity index (χ3v) is 12.7. The summed E-state index contributed by atoms with van der Waals surface area (Å²) in [4.78, 5) is 88.5. The fourth-order valence-electron chi connectivity index (χ4n) is 9.24. The first-order valence-electron chi connectivity index (χ1n) is 23.2. The fraction of sp³-hybridized carbons (Fsp3) is 0.380. The molecule has 2 saturated heterocycles. The molecule has 5 aromatic rings. The number of nitrogens with two attached hydrogens (primary N) is 1. The molecule has 5 N–H and O–H groups in total. The van der Waals surface area contributed by atoms with Gasteiger partial charge in [-0.25, -0.2) is 14.6 Å². The minimum Gasteiger partial charge on any atom is -0.457 e. The van der Waals surface area contributed by atoms with Gasteiger partial charge in [-0.2, -0.15) is 5.10 Å². The number of hydrogen-bond donors (Lipinski definition) is 4. The summed E-state index contributed by atoms with van der Waals surface area (Å²) in [6, 6.07) is 20.1. The maximum atomic E-state index is 13.6. The Kier molecular flexibility index (Phi) is 14.6. The van der Waals surface area contributed by atoms with E-state index in [-0.39, 0.29) is 54.2 Å². The van der Waals surface area contributed by atoms with Gasteiger partial charge in [-0.05, 0) is 73.9 Å². The van der Waals surface area contributed by atoms with Gasteiger partial charge in [0, 0.05) is 43.7 Å². The van der Waals surface area contributed by atoms with Gasteiger partial charge in [-0.15, -0.1) is 0 Å². The average Bonchev–Trinajstić information content (AvgIpc) is 4.03. The Balaban J connectivity index is 0.734. The molecule has 8 rings (SSSR count). The van der Waals surface area contributed by atoms with E-state index in [9.17, 15) is 28.8 Å². The van der Waals surface area contributed by atoms with Crippen molar-refractivity contribution in [3.8, 4) is 22.8 Å². The zero-order valence-electron chi connectivity index (χ0n) is 37.5. The molecule has 0 radical (unpaired) electrons. The summed E-state index contributed by atoms with van der Waals surface area (Å²) in [5.74, 6) is -0.918. The van der Waals surface area contributed by atoms with Crippen molar-refractivity contribution in [2.24, 2.45) is 0 Å². The highest BCUT2D eigenvalue weighted by molar-refractivity contribution is 6.25. The molecule has 2 fully saturated rings. The summed E-state index contributed by atoms with van der Waals surface area (Å²) in [5.41, 5.74) is 9.43. The van der Waals surface area contributed by atoms with Gasteiger partial charge in [0.05, 0.1) is 22.6 Å². The van der Waals surface area contributed by atoms with Crippen LogP contribution >= 0.6 is 0 Å². The number of carbonyl (C=O) groups excluding carboxylic acids is 6. The number of fused-ring (bicyclic) bond motifs is 2. The molecule has 0 aliphatic carbocycles. The van der Waals surface area contributed by atoms with E-state index in [1.807, 2.05) is 54.6 Å². The second kappa shape index (κ2) is 21.3. The number of anilines is 2. The monoisotopic (exact) mass is 908 g/mol. The molecule has 3 aliphatic heterocycles. The van der Waals surface area contributed by atoms with Gasteiger partial charge in [0.25, 0.3) is 11.8 Å². The van der Waals surface area contributed by atoms with Crippen molar-refractivity contribution in [3.05, 3.63) is 103 Å². The number of carbonyl (C=O) groups is 6. The molecule has 0 bridgehead atoms. The molecule has 67 heavy (non-hydrogen) atoms. The molecule has 2 aromatic heterocycles. The largest absolute Gasteiger partial charge is 0.457 e. The number of nitrogens with zero attached hydrogens (tertiary/aromatic N) is 6. The number of benzene rings is 3. The Bertz CT molecular complexity index is 2650. The number of nitrogen functional groups attached to an aromatic ring is 1. The van der Waals surface area contributed by atoms with Crippen molar-refractivity contribution in [2.45, 2.75) is 102 Å². The van der Waals surface area contributed by atoms with Gasteiger partial charge < -0.3 is 26.0 Å². The molecule has 348 valence electrons. The highest BCUT2D eigenvalue weighted by Crippen LogP contribution is 2.37. The van der Waals surface area contributed by atoms with E-state index in [2.05, 4.69) is 32.5 Å². The van der Waals surface area contributed by atoms with Gasteiger partial charge in [-0.1, -0.05) is 82.2 Å². The SMILES string of the molecule is C=CC(=O)N1CC(n2nc(-c3ccc(Oc4ccccc4)cc3)c3c(N)ncnc32)CC1C(=O)NCCCCCCCCCCCCNc1cccc2c1C(=O)N(C1CCC(=O)NC1=O)C2=O. The third kappa shape index (κ3) is 10.4. The van der Waals surface area contributed by atoms with E-state index < -0.39 is 35.7 Å². The van der Waals surface area contributed by atoms with E-state index in [1.54, 1.807) is 27.8 Å². The molecule has 3 aromatic carbocycles. The summed E-state index contributed by atoms with van der Waals surface area (Å²) in [5, 5.41) is 14.2. The van der Waals surface area contributed by atoms with Crippen molar-refractivity contribution in [2.75, 3.05) is 30.7 Å². The fourth-order valence-corrected chi connectivity index (χ4v) is 9.24. The van der Waals surface area contributed by atoms with Crippen LogP contribution in [0.25, 0.3) is 22.3 Å². The van der Waals surface area contributed by atoms with Crippen molar-refractivity contribution in [3.63, 3.8) is 0 Å². The predicted molar refractivity (Wildman–Crippen MR) is 252 cm³/mol. The van der Waals surface area contributed by atoms with Crippen LogP contribution in [0.15, 0.2) is 91.8 Å². The molecule has 3 atom stereocenters. The van der Waals surface area contributed by atoms with Gasteiger partial charge in [-0.3, -0.25) is 39.0 Å². The number of likely N-dealkylation sites (tertiary alicyclic amines) is 1. The number of imide groups is 2. The Labute approximate surface area is 388 Å². The molecule has 3 unspecified atom stereocenters. The molecule has 6 amide bonds. The molecular formula is C50H56N10O7. The van der Waals surface area contributed by atoms with Crippen molar-refractivity contribution >= 4 is 58.0 Å². The lowest BCUT2D eigenvalue weighted by Gasteiger charge is -2.27.